The van der Waals surface area contributed by atoms with E-state index in [-0.39, 0.29) is 5.92 Å². The fourth-order valence-electron chi connectivity index (χ4n) is 2.81. The third-order valence-corrected chi connectivity index (χ3v) is 3.96. The summed E-state index contributed by atoms with van der Waals surface area (Å²) in [6.45, 7) is 4.08. The smallest absolute Gasteiger partial charge is 0.163 e. The molecule has 90 valence electrons. The molecular weight excluding hydrogens is 198 g/mol. The molecule has 1 N–H and O–H groups in total. The maximum Gasteiger partial charge on any atom is 0.163 e. The lowest BCUT2D eigenvalue weighted by atomic mass is 9.86. The standard InChI is InChI=1S/C14H23NO/c1-11-9-15-10-13(11)14(16)12-7-5-3-2-4-6-8-12/h7,11,13,15H,2-6,8-10H2,1H3. The lowest BCUT2D eigenvalue weighted by Gasteiger charge is -2.17. The van der Waals surface area contributed by atoms with Crippen LogP contribution >= 0.6 is 0 Å². The van der Waals surface area contributed by atoms with E-state index in [9.17, 15) is 4.79 Å². The maximum absolute atomic E-state index is 12.4. The molecular formula is C14H23NO. The highest BCUT2D eigenvalue weighted by molar-refractivity contribution is 5.97. The quantitative estimate of drug-likeness (QED) is 0.776. The second kappa shape index (κ2) is 5.62. The van der Waals surface area contributed by atoms with Gasteiger partial charge in [-0.05, 0) is 43.7 Å². The minimum atomic E-state index is 0.241. The molecule has 0 aromatic rings. The lowest BCUT2D eigenvalue weighted by Crippen LogP contribution is -2.23. The third-order valence-electron chi connectivity index (χ3n) is 3.96. The number of Topliss-reactive ketones (excluding diaryl/α,β-unsaturated/α-hetero) is 1. The summed E-state index contributed by atoms with van der Waals surface area (Å²) in [7, 11) is 0. The molecule has 0 aromatic heterocycles. The van der Waals surface area contributed by atoms with E-state index in [1.165, 1.54) is 25.7 Å². The van der Waals surface area contributed by atoms with Gasteiger partial charge in [-0.1, -0.05) is 25.8 Å². The molecule has 2 heteroatoms. The van der Waals surface area contributed by atoms with Crippen molar-refractivity contribution in [3.63, 3.8) is 0 Å². The van der Waals surface area contributed by atoms with Crippen LogP contribution in [0, 0.1) is 11.8 Å². The van der Waals surface area contributed by atoms with E-state index in [4.69, 9.17) is 0 Å². The molecule has 2 rings (SSSR count). The summed E-state index contributed by atoms with van der Waals surface area (Å²) < 4.78 is 0. The van der Waals surface area contributed by atoms with Crippen molar-refractivity contribution in [3.8, 4) is 0 Å². The largest absolute Gasteiger partial charge is 0.316 e. The van der Waals surface area contributed by atoms with E-state index in [1.807, 2.05) is 0 Å². The molecule has 0 radical (unpaired) electrons. The second-order valence-electron chi connectivity index (χ2n) is 5.29. The molecule has 0 aromatic carbocycles. The minimum Gasteiger partial charge on any atom is -0.316 e. The zero-order valence-corrected chi connectivity index (χ0v) is 10.3. The number of allylic oxidation sites excluding steroid dienone is 2. The Kier molecular flexibility index (Phi) is 4.16. The van der Waals surface area contributed by atoms with Crippen LogP contribution in [0.25, 0.3) is 0 Å². The zero-order chi connectivity index (χ0) is 11.4. The van der Waals surface area contributed by atoms with Crippen molar-refractivity contribution >= 4 is 5.78 Å². The van der Waals surface area contributed by atoms with Gasteiger partial charge >= 0.3 is 0 Å². The summed E-state index contributed by atoms with van der Waals surface area (Å²) >= 11 is 0. The van der Waals surface area contributed by atoms with Gasteiger partial charge in [0.25, 0.3) is 0 Å². The first kappa shape index (κ1) is 11.8. The molecule has 0 spiro atoms. The van der Waals surface area contributed by atoms with Crippen molar-refractivity contribution in [2.45, 2.75) is 45.4 Å². The topological polar surface area (TPSA) is 29.1 Å². The Morgan fingerprint density at radius 1 is 1.25 bits per heavy atom. The van der Waals surface area contributed by atoms with Crippen LogP contribution in [0.5, 0.6) is 0 Å². The van der Waals surface area contributed by atoms with E-state index in [1.54, 1.807) is 0 Å². The summed E-state index contributed by atoms with van der Waals surface area (Å²) in [5.41, 5.74) is 1.13. The normalized spacial score (nSPS) is 31.7. The molecule has 1 saturated heterocycles. The Hall–Kier alpha value is -0.630. The van der Waals surface area contributed by atoms with Gasteiger partial charge in [-0.2, -0.15) is 0 Å². The number of carbonyl (C=O) groups excluding carboxylic acids is 1. The first-order chi connectivity index (χ1) is 7.79. The number of rotatable bonds is 2. The van der Waals surface area contributed by atoms with Crippen LogP contribution < -0.4 is 5.32 Å². The first-order valence-corrected chi connectivity index (χ1v) is 6.73. The molecule has 1 aliphatic carbocycles. The summed E-state index contributed by atoms with van der Waals surface area (Å²) in [5.74, 6) is 1.18. The van der Waals surface area contributed by atoms with Crippen LogP contribution in [-0.2, 0) is 4.79 Å². The average Bonchev–Trinajstić information content (AvgIpc) is 2.63. The molecule has 0 amide bonds. The Bertz CT molecular complexity index is 282. The summed E-state index contributed by atoms with van der Waals surface area (Å²) in [4.78, 5) is 12.4. The van der Waals surface area contributed by atoms with Crippen molar-refractivity contribution < 1.29 is 4.79 Å². The average molecular weight is 221 g/mol. The Morgan fingerprint density at radius 2 is 2.06 bits per heavy atom. The van der Waals surface area contributed by atoms with Gasteiger partial charge in [0.15, 0.2) is 5.78 Å². The van der Waals surface area contributed by atoms with Crippen molar-refractivity contribution in [2.24, 2.45) is 11.8 Å². The van der Waals surface area contributed by atoms with Gasteiger partial charge in [0.05, 0.1) is 0 Å². The van der Waals surface area contributed by atoms with Crippen molar-refractivity contribution in [1.29, 1.82) is 0 Å². The molecule has 2 unspecified atom stereocenters. The number of nitrogens with one attached hydrogen (secondary N) is 1. The molecule has 2 atom stereocenters. The van der Waals surface area contributed by atoms with Gasteiger partial charge in [0, 0.05) is 12.5 Å². The first-order valence-electron chi connectivity index (χ1n) is 6.73. The van der Waals surface area contributed by atoms with Crippen LogP contribution in [0.4, 0.5) is 0 Å². The van der Waals surface area contributed by atoms with Crippen LogP contribution in [0.3, 0.4) is 0 Å². The second-order valence-corrected chi connectivity index (χ2v) is 5.29. The summed E-state index contributed by atoms with van der Waals surface area (Å²) in [6.07, 6.45) is 9.42. The monoisotopic (exact) mass is 221 g/mol. The molecule has 0 saturated carbocycles. The highest BCUT2D eigenvalue weighted by Gasteiger charge is 2.30. The van der Waals surface area contributed by atoms with Gasteiger partial charge in [0.2, 0.25) is 0 Å². The predicted octanol–water partition coefficient (Wildman–Crippen LogP) is 2.69. The molecule has 2 aliphatic rings. The van der Waals surface area contributed by atoms with Crippen LogP contribution in [0.2, 0.25) is 0 Å². The van der Waals surface area contributed by atoms with E-state index in [2.05, 4.69) is 18.3 Å². The Morgan fingerprint density at radius 3 is 2.81 bits per heavy atom. The Balaban J connectivity index is 2.01. The lowest BCUT2D eigenvalue weighted by molar-refractivity contribution is -0.119. The maximum atomic E-state index is 12.4. The zero-order valence-electron chi connectivity index (χ0n) is 10.3. The van der Waals surface area contributed by atoms with E-state index in [0.717, 1.165) is 31.5 Å². The minimum absolute atomic E-state index is 0.241. The molecule has 2 nitrogen and oxygen atoms in total. The van der Waals surface area contributed by atoms with Crippen LogP contribution in [0.15, 0.2) is 11.6 Å². The van der Waals surface area contributed by atoms with Crippen LogP contribution in [-0.4, -0.2) is 18.9 Å². The molecule has 1 fully saturated rings. The fourth-order valence-corrected chi connectivity index (χ4v) is 2.81. The van der Waals surface area contributed by atoms with Gasteiger partial charge in [-0.15, -0.1) is 0 Å². The van der Waals surface area contributed by atoms with Crippen molar-refractivity contribution in [3.05, 3.63) is 11.6 Å². The highest BCUT2D eigenvalue weighted by atomic mass is 16.1. The van der Waals surface area contributed by atoms with E-state index >= 15 is 0 Å². The number of ketones is 1. The SMILES string of the molecule is CC1CNCC1C(=O)C1=CCCCCCC1. The molecule has 1 aliphatic heterocycles. The van der Waals surface area contributed by atoms with Crippen molar-refractivity contribution in [1.82, 2.24) is 5.32 Å². The molecule has 16 heavy (non-hydrogen) atoms. The van der Waals surface area contributed by atoms with Gasteiger partial charge in [-0.3, -0.25) is 4.79 Å². The number of carbonyl (C=O) groups is 1. The number of hydrogen-bond acceptors (Lipinski definition) is 2. The molecule has 1 heterocycles. The van der Waals surface area contributed by atoms with Gasteiger partial charge in [0.1, 0.15) is 0 Å². The summed E-state index contributed by atoms with van der Waals surface area (Å²) in [5, 5.41) is 3.32. The van der Waals surface area contributed by atoms with Gasteiger partial charge < -0.3 is 5.32 Å². The van der Waals surface area contributed by atoms with E-state index < -0.39 is 0 Å². The van der Waals surface area contributed by atoms with Crippen molar-refractivity contribution in [2.75, 3.05) is 13.1 Å². The predicted molar refractivity (Wildman–Crippen MR) is 66.3 cm³/mol. The highest BCUT2D eigenvalue weighted by Crippen LogP contribution is 2.25. The summed E-state index contributed by atoms with van der Waals surface area (Å²) in [6, 6.07) is 0. The van der Waals surface area contributed by atoms with E-state index in [0.29, 0.717) is 11.7 Å². The number of hydrogen-bond donors (Lipinski definition) is 1. The third kappa shape index (κ3) is 2.73. The Labute approximate surface area is 98.5 Å². The van der Waals surface area contributed by atoms with Crippen LogP contribution in [0.1, 0.15) is 45.4 Å². The molecule has 0 bridgehead atoms. The fraction of sp³-hybridized carbons (Fsp3) is 0.786. The van der Waals surface area contributed by atoms with Gasteiger partial charge in [-0.25, -0.2) is 0 Å².